The Labute approximate surface area is 156 Å². The van der Waals surface area contributed by atoms with Crippen molar-refractivity contribution in [3.05, 3.63) is 59.7 Å². The Balaban J connectivity index is 2.02. The molecule has 0 bridgehead atoms. The van der Waals surface area contributed by atoms with Gasteiger partial charge in [-0.2, -0.15) is 0 Å². The molecule has 140 valence electrons. The van der Waals surface area contributed by atoms with Gasteiger partial charge >= 0.3 is 0 Å². The maximum absolute atomic E-state index is 12.4. The number of rotatable bonds is 8. The Morgan fingerprint density at radius 2 is 1.69 bits per heavy atom. The molecule has 2 aromatic rings. The molecule has 0 aliphatic carbocycles. The number of nitrogens with one attached hydrogen (secondary N) is 2. The summed E-state index contributed by atoms with van der Waals surface area (Å²) in [6.07, 6.45) is 0. The van der Waals surface area contributed by atoms with E-state index < -0.39 is 0 Å². The van der Waals surface area contributed by atoms with Gasteiger partial charge in [-0.25, -0.2) is 0 Å². The summed E-state index contributed by atoms with van der Waals surface area (Å²) >= 11 is 0. The van der Waals surface area contributed by atoms with Gasteiger partial charge in [-0.05, 0) is 43.3 Å². The van der Waals surface area contributed by atoms with Crippen molar-refractivity contribution in [2.45, 2.75) is 13.0 Å². The number of likely N-dealkylation sites (N-methyl/N-ethyl adjacent to an activating group) is 1. The van der Waals surface area contributed by atoms with Gasteiger partial charge < -0.3 is 19.9 Å². The molecule has 2 aromatic carbocycles. The van der Waals surface area contributed by atoms with Crippen molar-refractivity contribution >= 4 is 11.6 Å². The summed E-state index contributed by atoms with van der Waals surface area (Å²) in [5.41, 5.74) is 3.02. The smallest absolute Gasteiger partial charge is 0.251 e. The topological polar surface area (TPSA) is 46.0 Å². The van der Waals surface area contributed by atoms with Crippen LogP contribution in [0.25, 0.3) is 0 Å². The van der Waals surface area contributed by atoms with E-state index in [1.807, 2.05) is 33.2 Å². The van der Waals surface area contributed by atoms with E-state index in [0.717, 1.165) is 5.75 Å². The minimum Gasteiger partial charge on any atom is -0.494 e. The normalized spacial score (nSPS) is 11.9. The number of hydrogen-bond acceptors (Lipinski definition) is 3. The SMILES string of the molecule is CCOc1ccc(C(=O)NC[C@@H](c2ccc(N(C)C)cc2)[NH+](C)C)cc1. The molecule has 2 N–H and O–H groups in total. The van der Waals surface area contributed by atoms with E-state index in [9.17, 15) is 4.79 Å². The first-order chi connectivity index (χ1) is 12.4. The lowest BCUT2D eigenvalue weighted by Gasteiger charge is -2.23. The largest absolute Gasteiger partial charge is 0.494 e. The molecule has 0 fully saturated rings. The van der Waals surface area contributed by atoms with Crippen LogP contribution in [0.5, 0.6) is 5.75 Å². The highest BCUT2D eigenvalue weighted by Crippen LogP contribution is 2.16. The molecular formula is C21H30N3O2+. The van der Waals surface area contributed by atoms with Crippen molar-refractivity contribution in [1.29, 1.82) is 0 Å². The summed E-state index contributed by atoms with van der Waals surface area (Å²) < 4.78 is 5.42. The van der Waals surface area contributed by atoms with Gasteiger partial charge in [0.2, 0.25) is 0 Å². The zero-order chi connectivity index (χ0) is 19.1. The van der Waals surface area contributed by atoms with Crippen LogP contribution in [0.2, 0.25) is 0 Å². The quantitative estimate of drug-likeness (QED) is 0.758. The van der Waals surface area contributed by atoms with E-state index in [2.05, 4.69) is 48.6 Å². The first-order valence-electron chi connectivity index (χ1n) is 9.00. The Hall–Kier alpha value is -2.53. The number of hydrogen-bond donors (Lipinski definition) is 2. The molecule has 1 atom stereocenters. The third-order valence-corrected chi connectivity index (χ3v) is 4.40. The van der Waals surface area contributed by atoms with E-state index in [1.54, 1.807) is 12.1 Å². The van der Waals surface area contributed by atoms with Crippen LogP contribution in [0.3, 0.4) is 0 Å². The van der Waals surface area contributed by atoms with Crippen molar-refractivity contribution in [3.8, 4) is 5.75 Å². The summed E-state index contributed by atoms with van der Waals surface area (Å²) in [7, 11) is 8.27. The first kappa shape index (κ1) is 19.8. The monoisotopic (exact) mass is 356 g/mol. The Kier molecular flexibility index (Phi) is 7.04. The molecule has 0 heterocycles. The van der Waals surface area contributed by atoms with Crippen LogP contribution in [-0.4, -0.2) is 47.2 Å². The second kappa shape index (κ2) is 9.25. The molecule has 0 spiro atoms. The van der Waals surface area contributed by atoms with Crippen molar-refractivity contribution in [2.75, 3.05) is 46.2 Å². The van der Waals surface area contributed by atoms with E-state index in [-0.39, 0.29) is 11.9 Å². The summed E-state index contributed by atoms with van der Waals surface area (Å²) in [6, 6.07) is 15.9. The number of carbonyl (C=O) groups is 1. The predicted octanol–water partition coefficient (Wildman–Crippen LogP) is 1.77. The first-order valence-corrected chi connectivity index (χ1v) is 9.00. The molecule has 0 aromatic heterocycles. The van der Waals surface area contributed by atoms with Crippen LogP contribution in [0, 0.1) is 0 Å². The third kappa shape index (κ3) is 5.23. The second-order valence-electron chi connectivity index (χ2n) is 6.78. The van der Waals surface area contributed by atoms with Crippen LogP contribution < -0.4 is 19.9 Å². The number of ether oxygens (including phenoxy) is 1. The zero-order valence-electron chi connectivity index (χ0n) is 16.4. The average molecular weight is 356 g/mol. The summed E-state index contributed by atoms with van der Waals surface area (Å²) in [5.74, 6) is 0.713. The second-order valence-corrected chi connectivity index (χ2v) is 6.78. The zero-order valence-corrected chi connectivity index (χ0v) is 16.4. The van der Waals surface area contributed by atoms with Gasteiger partial charge in [0.1, 0.15) is 11.8 Å². The number of amides is 1. The van der Waals surface area contributed by atoms with Gasteiger partial charge in [-0.1, -0.05) is 12.1 Å². The van der Waals surface area contributed by atoms with Crippen LogP contribution in [0.15, 0.2) is 48.5 Å². The molecule has 0 radical (unpaired) electrons. The van der Waals surface area contributed by atoms with Crippen molar-refractivity contribution < 1.29 is 14.4 Å². The van der Waals surface area contributed by atoms with Crippen LogP contribution in [0.4, 0.5) is 5.69 Å². The van der Waals surface area contributed by atoms with Crippen LogP contribution in [-0.2, 0) is 0 Å². The standard InChI is InChI=1S/C21H29N3O2/c1-6-26-19-13-9-17(10-14-19)21(25)22-15-20(24(4)5)16-7-11-18(12-8-16)23(2)3/h7-14,20H,6,15H2,1-5H3,(H,22,25)/p+1/t20-/m0/s1. The number of anilines is 1. The fourth-order valence-corrected chi connectivity index (χ4v) is 2.83. The highest BCUT2D eigenvalue weighted by atomic mass is 16.5. The molecule has 0 saturated heterocycles. The van der Waals surface area contributed by atoms with Gasteiger partial charge in [0.15, 0.2) is 0 Å². The molecule has 26 heavy (non-hydrogen) atoms. The Morgan fingerprint density at radius 3 is 2.19 bits per heavy atom. The Bertz CT molecular complexity index is 694. The average Bonchev–Trinajstić information content (AvgIpc) is 2.62. The number of quaternary nitrogens is 1. The highest BCUT2D eigenvalue weighted by molar-refractivity contribution is 5.94. The van der Waals surface area contributed by atoms with Gasteiger partial charge in [-0.3, -0.25) is 4.79 Å². The fraction of sp³-hybridized carbons (Fsp3) is 0.381. The molecule has 5 nitrogen and oxygen atoms in total. The molecule has 0 unspecified atom stereocenters. The Morgan fingerprint density at radius 1 is 1.08 bits per heavy atom. The summed E-state index contributed by atoms with van der Waals surface area (Å²) in [6.45, 7) is 3.14. The van der Waals surface area contributed by atoms with Gasteiger partial charge in [-0.15, -0.1) is 0 Å². The molecular weight excluding hydrogens is 326 g/mol. The van der Waals surface area contributed by atoms with Crippen LogP contribution in [0.1, 0.15) is 28.9 Å². The lowest BCUT2D eigenvalue weighted by molar-refractivity contribution is -0.890. The number of nitrogens with zero attached hydrogens (tertiary/aromatic N) is 1. The van der Waals surface area contributed by atoms with Crippen molar-refractivity contribution in [1.82, 2.24) is 5.32 Å². The summed E-state index contributed by atoms with van der Waals surface area (Å²) in [5, 5.41) is 3.06. The van der Waals surface area contributed by atoms with E-state index in [4.69, 9.17) is 4.74 Å². The number of carbonyl (C=O) groups excluding carboxylic acids is 1. The maximum atomic E-state index is 12.4. The van der Waals surface area contributed by atoms with Gasteiger partial charge in [0, 0.05) is 30.9 Å². The van der Waals surface area contributed by atoms with Gasteiger partial charge in [0.05, 0.1) is 27.2 Å². The molecule has 1 amide bonds. The molecule has 0 aliphatic heterocycles. The predicted molar refractivity (Wildman–Crippen MR) is 106 cm³/mol. The maximum Gasteiger partial charge on any atom is 0.251 e. The van der Waals surface area contributed by atoms with E-state index in [1.165, 1.54) is 16.2 Å². The van der Waals surface area contributed by atoms with E-state index >= 15 is 0 Å². The minimum atomic E-state index is -0.0655. The fourth-order valence-electron chi connectivity index (χ4n) is 2.83. The van der Waals surface area contributed by atoms with Gasteiger partial charge in [0.25, 0.3) is 5.91 Å². The number of benzene rings is 2. The molecule has 0 saturated carbocycles. The summed E-state index contributed by atoms with van der Waals surface area (Å²) in [4.78, 5) is 15.8. The third-order valence-electron chi connectivity index (χ3n) is 4.40. The van der Waals surface area contributed by atoms with E-state index in [0.29, 0.717) is 18.7 Å². The molecule has 2 rings (SSSR count). The lowest BCUT2D eigenvalue weighted by atomic mass is 10.0. The lowest BCUT2D eigenvalue weighted by Crippen LogP contribution is -3.07. The molecule has 0 aliphatic rings. The van der Waals surface area contributed by atoms with Crippen molar-refractivity contribution in [3.63, 3.8) is 0 Å². The molecule has 5 heteroatoms. The minimum absolute atomic E-state index is 0.0655. The van der Waals surface area contributed by atoms with Crippen molar-refractivity contribution in [2.24, 2.45) is 0 Å². The highest BCUT2D eigenvalue weighted by Gasteiger charge is 2.19. The van der Waals surface area contributed by atoms with Crippen LogP contribution >= 0.6 is 0 Å².